The highest BCUT2D eigenvalue weighted by Crippen LogP contribution is 2.38. The first-order chi connectivity index (χ1) is 10.1. The molecule has 4 nitrogen and oxygen atoms in total. The lowest BCUT2D eigenvalue weighted by Gasteiger charge is -2.53. The highest BCUT2D eigenvalue weighted by Gasteiger charge is 2.56. The van der Waals surface area contributed by atoms with Crippen molar-refractivity contribution in [1.29, 1.82) is 0 Å². The lowest BCUT2D eigenvalue weighted by Crippen LogP contribution is -2.76. The Kier molecular flexibility index (Phi) is 5.23. The van der Waals surface area contributed by atoms with Gasteiger partial charge in [-0.2, -0.15) is 11.8 Å². The molecule has 1 N–H and O–H groups in total. The number of thioether (sulfide) groups is 1. The van der Waals surface area contributed by atoms with Crippen molar-refractivity contribution in [3.63, 3.8) is 0 Å². The summed E-state index contributed by atoms with van der Waals surface area (Å²) in [7, 11) is 0. The van der Waals surface area contributed by atoms with Gasteiger partial charge in [-0.25, -0.2) is 0 Å². The predicted molar refractivity (Wildman–Crippen MR) is 87.4 cm³/mol. The van der Waals surface area contributed by atoms with Crippen LogP contribution in [0.15, 0.2) is 0 Å². The minimum atomic E-state index is -0.643. The summed E-state index contributed by atoms with van der Waals surface area (Å²) in [6.07, 6.45) is 8.26. The highest BCUT2D eigenvalue weighted by molar-refractivity contribution is 7.98. The minimum absolute atomic E-state index is 0.0649. The van der Waals surface area contributed by atoms with E-state index in [0.29, 0.717) is 19.4 Å². The number of amides is 2. The summed E-state index contributed by atoms with van der Waals surface area (Å²) < 4.78 is 0. The van der Waals surface area contributed by atoms with E-state index in [1.165, 1.54) is 6.42 Å². The molecule has 0 radical (unpaired) electrons. The average Bonchev–Trinajstić information content (AvgIpc) is 2.51. The predicted octanol–water partition coefficient (Wildman–Crippen LogP) is 2.57. The number of hydrogen-bond donors (Lipinski definition) is 1. The average molecular weight is 312 g/mol. The maximum atomic E-state index is 13.2. The standard InChI is InChI=1S/C16H28N2O2S/c1-4-16(5-2)13(19)17-15(9-7-6-8-10-15)14(20)18(16)11-12-21-3/h4-12H2,1-3H3,(H,17,19). The second kappa shape index (κ2) is 6.59. The Bertz CT molecular complexity index is 401. The van der Waals surface area contributed by atoms with E-state index in [-0.39, 0.29) is 11.8 Å². The Morgan fingerprint density at radius 2 is 1.76 bits per heavy atom. The van der Waals surface area contributed by atoms with Crippen molar-refractivity contribution in [2.45, 2.75) is 69.9 Å². The van der Waals surface area contributed by atoms with Crippen LogP contribution in [0.4, 0.5) is 0 Å². The molecule has 1 aliphatic heterocycles. The molecule has 0 atom stereocenters. The topological polar surface area (TPSA) is 49.4 Å². The molecular formula is C16H28N2O2S. The van der Waals surface area contributed by atoms with Crippen LogP contribution in [0.25, 0.3) is 0 Å². The van der Waals surface area contributed by atoms with Crippen molar-refractivity contribution in [3.05, 3.63) is 0 Å². The normalized spacial score (nSPS) is 24.2. The SMILES string of the molecule is CCC1(CC)C(=O)NC2(CCCCC2)C(=O)N1CCSC. The number of carbonyl (C=O) groups is 2. The van der Waals surface area contributed by atoms with Crippen molar-refractivity contribution in [1.82, 2.24) is 10.2 Å². The van der Waals surface area contributed by atoms with E-state index >= 15 is 0 Å². The molecule has 1 spiro atoms. The zero-order valence-electron chi connectivity index (χ0n) is 13.5. The maximum Gasteiger partial charge on any atom is 0.249 e. The van der Waals surface area contributed by atoms with Crippen molar-refractivity contribution in [2.75, 3.05) is 18.6 Å². The molecule has 0 bridgehead atoms. The van der Waals surface area contributed by atoms with Crippen LogP contribution in [-0.2, 0) is 9.59 Å². The van der Waals surface area contributed by atoms with Crippen LogP contribution in [0.5, 0.6) is 0 Å². The first-order valence-electron chi connectivity index (χ1n) is 8.20. The van der Waals surface area contributed by atoms with Crippen LogP contribution in [0.1, 0.15) is 58.8 Å². The highest BCUT2D eigenvalue weighted by atomic mass is 32.2. The monoisotopic (exact) mass is 312 g/mol. The molecule has 2 fully saturated rings. The Labute approximate surface area is 132 Å². The zero-order chi connectivity index (χ0) is 15.5. The van der Waals surface area contributed by atoms with Gasteiger partial charge >= 0.3 is 0 Å². The van der Waals surface area contributed by atoms with Gasteiger partial charge in [0.15, 0.2) is 0 Å². The fraction of sp³-hybridized carbons (Fsp3) is 0.875. The summed E-state index contributed by atoms with van der Waals surface area (Å²) in [5.74, 6) is 1.12. The van der Waals surface area contributed by atoms with E-state index < -0.39 is 11.1 Å². The molecule has 1 saturated carbocycles. The van der Waals surface area contributed by atoms with Crippen LogP contribution in [0, 0.1) is 0 Å². The molecule has 2 rings (SSSR count). The first kappa shape index (κ1) is 16.7. The summed E-state index contributed by atoms with van der Waals surface area (Å²) in [5, 5.41) is 3.14. The van der Waals surface area contributed by atoms with E-state index in [0.717, 1.165) is 31.4 Å². The molecule has 1 aliphatic carbocycles. The number of hydrogen-bond acceptors (Lipinski definition) is 3. The second-order valence-corrected chi connectivity index (χ2v) is 7.27. The molecule has 1 saturated heterocycles. The van der Waals surface area contributed by atoms with E-state index in [1.807, 2.05) is 25.0 Å². The Morgan fingerprint density at radius 1 is 1.14 bits per heavy atom. The van der Waals surface area contributed by atoms with E-state index in [2.05, 4.69) is 5.32 Å². The second-order valence-electron chi connectivity index (χ2n) is 6.29. The van der Waals surface area contributed by atoms with Crippen LogP contribution in [0.3, 0.4) is 0 Å². The lowest BCUT2D eigenvalue weighted by molar-refractivity contribution is -0.165. The first-order valence-corrected chi connectivity index (χ1v) is 9.59. The van der Waals surface area contributed by atoms with Gasteiger partial charge in [-0.05, 0) is 31.9 Å². The quantitative estimate of drug-likeness (QED) is 0.849. The minimum Gasteiger partial charge on any atom is -0.340 e. The molecule has 120 valence electrons. The Balaban J connectivity index is 2.35. The summed E-state index contributed by atoms with van der Waals surface area (Å²) in [6.45, 7) is 4.71. The third-order valence-electron chi connectivity index (χ3n) is 5.34. The number of rotatable bonds is 5. The Morgan fingerprint density at radius 3 is 2.29 bits per heavy atom. The summed E-state index contributed by atoms with van der Waals surface area (Å²) in [4.78, 5) is 28.0. The maximum absolute atomic E-state index is 13.2. The number of carbonyl (C=O) groups excluding carboxylic acids is 2. The molecule has 21 heavy (non-hydrogen) atoms. The molecule has 0 aromatic rings. The summed E-state index contributed by atoms with van der Waals surface area (Å²) in [5.41, 5.74) is -1.25. The van der Waals surface area contributed by atoms with Gasteiger partial charge in [0, 0.05) is 12.3 Å². The van der Waals surface area contributed by atoms with Crippen molar-refractivity contribution < 1.29 is 9.59 Å². The van der Waals surface area contributed by atoms with Crippen LogP contribution in [0.2, 0.25) is 0 Å². The fourth-order valence-electron chi connectivity index (χ4n) is 3.91. The number of nitrogens with one attached hydrogen (secondary N) is 1. The van der Waals surface area contributed by atoms with Crippen LogP contribution < -0.4 is 5.32 Å². The van der Waals surface area contributed by atoms with Crippen molar-refractivity contribution in [3.8, 4) is 0 Å². The molecular weight excluding hydrogens is 284 g/mol. The summed E-state index contributed by atoms with van der Waals surface area (Å²) in [6, 6.07) is 0. The third-order valence-corrected chi connectivity index (χ3v) is 5.93. The smallest absolute Gasteiger partial charge is 0.249 e. The molecule has 0 unspecified atom stereocenters. The van der Waals surface area contributed by atoms with Gasteiger partial charge in [-0.3, -0.25) is 9.59 Å². The molecule has 0 aromatic carbocycles. The van der Waals surface area contributed by atoms with Crippen molar-refractivity contribution >= 4 is 23.6 Å². The van der Waals surface area contributed by atoms with Gasteiger partial charge in [0.05, 0.1) is 0 Å². The fourth-order valence-corrected chi connectivity index (χ4v) is 4.27. The van der Waals surface area contributed by atoms with Crippen LogP contribution in [-0.4, -0.2) is 46.3 Å². The summed E-state index contributed by atoms with van der Waals surface area (Å²) >= 11 is 1.73. The van der Waals surface area contributed by atoms with Gasteiger partial charge in [-0.1, -0.05) is 33.1 Å². The van der Waals surface area contributed by atoms with Crippen LogP contribution >= 0.6 is 11.8 Å². The number of nitrogens with zero attached hydrogens (tertiary/aromatic N) is 1. The lowest BCUT2D eigenvalue weighted by atomic mass is 9.74. The number of piperazine rings is 1. The molecule has 5 heteroatoms. The van der Waals surface area contributed by atoms with E-state index in [9.17, 15) is 9.59 Å². The molecule has 1 heterocycles. The molecule has 0 aromatic heterocycles. The third kappa shape index (κ3) is 2.69. The van der Waals surface area contributed by atoms with Gasteiger partial charge in [0.25, 0.3) is 0 Å². The van der Waals surface area contributed by atoms with E-state index in [4.69, 9.17) is 0 Å². The Hall–Kier alpha value is -0.710. The van der Waals surface area contributed by atoms with Crippen molar-refractivity contribution in [2.24, 2.45) is 0 Å². The van der Waals surface area contributed by atoms with Gasteiger partial charge < -0.3 is 10.2 Å². The molecule has 2 aliphatic rings. The van der Waals surface area contributed by atoms with Gasteiger partial charge in [0.2, 0.25) is 11.8 Å². The molecule has 2 amide bonds. The zero-order valence-corrected chi connectivity index (χ0v) is 14.4. The largest absolute Gasteiger partial charge is 0.340 e. The van der Waals surface area contributed by atoms with Gasteiger partial charge in [0.1, 0.15) is 11.1 Å². The van der Waals surface area contributed by atoms with Gasteiger partial charge in [-0.15, -0.1) is 0 Å². The van der Waals surface area contributed by atoms with E-state index in [1.54, 1.807) is 11.8 Å².